The summed E-state index contributed by atoms with van der Waals surface area (Å²) in [7, 11) is 0. The van der Waals surface area contributed by atoms with Crippen LogP contribution in [-0.4, -0.2) is 29.6 Å². The van der Waals surface area contributed by atoms with Gasteiger partial charge in [0.15, 0.2) is 17.3 Å². The molecule has 0 saturated carbocycles. The number of carbonyl (C=O) groups is 2. The van der Waals surface area contributed by atoms with Crippen molar-refractivity contribution < 1.29 is 28.7 Å². The number of ether oxygens (including phenoxy) is 3. The molecule has 0 aromatic heterocycles. The van der Waals surface area contributed by atoms with Crippen molar-refractivity contribution in [2.24, 2.45) is 0 Å². The normalized spacial score (nSPS) is 20.3. The molecule has 1 N–H and O–H groups in total. The number of ketones is 1. The highest BCUT2D eigenvalue weighted by Crippen LogP contribution is 2.48. The largest absolute Gasteiger partial charge is 0.460 e. The highest BCUT2D eigenvalue weighted by molar-refractivity contribution is 6.04. The molecule has 0 bridgehead atoms. The van der Waals surface area contributed by atoms with Crippen molar-refractivity contribution in [2.45, 2.75) is 52.1 Å². The van der Waals surface area contributed by atoms with E-state index in [9.17, 15) is 19.7 Å². The van der Waals surface area contributed by atoms with Gasteiger partial charge in [-0.3, -0.25) is 14.9 Å². The Kier molecular flexibility index (Phi) is 4.97. The summed E-state index contributed by atoms with van der Waals surface area (Å²) in [4.78, 5) is 37.3. The number of allylic oxidation sites excluding steroid dienone is 3. The van der Waals surface area contributed by atoms with Crippen LogP contribution in [-0.2, 0) is 14.3 Å². The van der Waals surface area contributed by atoms with E-state index in [0.717, 1.165) is 0 Å². The van der Waals surface area contributed by atoms with Crippen LogP contribution in [0, 0.1) is 10.1 Å². The fourth-order valence-corrected chi connectivity index (χ4v) is 4.18. The molecule has 4 rings (SSSR count). The van der Waals surface area contributed by atoms with Crippen molar-refractivity contribution in [2.75, 3.05) is 6.79 Å². The molecule has 0 radical (unpaired) electrons. The second-order valence-corrected chi connectivity index (χ2v) is 7.74. The lowest BCUT2D eigenvalue weighted by atomic mass is 9.74. The third kappa shape index (κ3) is 3.30. The van der Waals surface area contributed by atoms with E-state index in [4.69, 9.17) is 14.2 Å². The lowest BCUT2D eigenvalue weighted by Crippen LogP contribution is -2.35. The molecule has 0 spiro atoms. The summed E-state index contributed by atoms with van der Waals surface area (Å²) in [5, 5.41) is 15.1. The molecule has 0 amide bonds. The molecule has 2 heterocycles. The number of nitrogens with zero attached hydrogens (tertiary/aromatic N) is 1. The topological polar surface area (TPSA) is 117 Å². The molecular weight excluding hydrogens is 392 g/mol. The maximum atomic E-state index is 13.0. The molecule has 0 unspecified atom stereocenters. The number of hydrogen-bond acceptors (Lipinski definition) is 8. The molecule has 1 atom stereocenters. The Bertz CT molecular complexity index is 1020. The van der Waals surface area contributed by atoms with Crippen LogP contribution in [0.2, 0.25) is 0 Å². The van der Waals surface area contributed by atoms with Gasteiger partial charge in [-0.05, 0) is 39.7 Å². The van der Waals surface area contributed by atoms with Gasteiger partial charge in [-0.1, -0.05) is 0 Å². The number of nitrogens with one attached hydrogen (secondary N) is 1. The Morgan fingerprint density at radius 1 is 1.27 bits per heavy atom. The molecule has 1 aromatic rings. The smallest absolute Gasteiger partial charge is 0.337 e. The Morgan fingerprint density at radius 3 is 2.63 bits per heavy atom. The first-order chi connectivity index (χ1) is 14.3. The third-order valence-corrected chi connectivity index (χ3v) is 5.37. The molecule has 158 valence electrons. The minimum Gasteiger partial charge on any atom is -0.460 e. The minimum absolute atomic E-state index is 0.0494. The van der Waals surface area contributed by atoms with E-state index >= 15 is 0 Å². The summed E-state index contributed by atoms with van der Waals surface area (Å²) in [5.74, 6) is -1.07. The Labute approximate surface area is 172 Å². The first-order valence-corrected chi connectivity index (χ1v) is 9.80. The van der Waals surface area contributed by atoms with Gasteiger partial charge in [0.1, 0.15) is 0 Å². The first kappa shape index (κ1) is 19.9. The van der Waals surface area contributed by atoms with E-state index in [1.807, 2.05) is 0 Å². The van der Waals surface area contributed by atoms with Crippen LogP contribution in [0.4, 0.5) is 5.69 Å². The molecule has 2 aliphatic heterocycles. The second kappa shape index (κ2) is 7.47. The highest BCUT2D eigenvalue weighted by Gasteiger charge is 2.43. The zero-order chi connectivity index (χ0) is 21.6. The number of esters is 1. The summed E-state index contributed by atoms with van der Waals surface area (Å²) in [6.45, 7) is 5.11. The van der Waals surface area contributed by atoms with Crippen LogP contribution in [0.25, 0.3) is 0 Å². The minimum atomic E-state index is -0.921. The number of nitro groups is 1. The average molecular weight is 414 g/mol. The maximum Gasteiger partial charge on any atom is 0.337 e. The SMILES string of the molecule is CC1=C(C(=O)OC(C)C)[C@@H](c2cc3c(cc2[N+](=O)[O-])OCO3)C2=C(CCCC2=O)N1. The number of dihydropyridines is 1. The van der Waals surface area contributed by atoms with Crippen molar-refractivity contribution in [3.05, 3.63) is 50.4 Å². The van der Waals surface area contributed by atoms with Gasteiger partial charge < -0.3 is 19.5 Å². The van der Waals surface area contributed by atoms with Gasteiger partial charge in [0.2, 0.25) is 6.79 Å². The molecular formula is C21H22N2O7. The predicted octanol–water partition coefficient (Wildman–Crippen LogP) is 3.24. The molecule has 1 aromatic carbocycles. The predicted molar refractivity (Wildman–Crippen MR) is 105 cm³/mol. The van der Waals surface area contributed by atoms with E-state index < -0.39 is 16.8 Å². The van der Waals surface area contributed by atoms with Crippen molar-refractivity contribution in [3.63, 3.8) is 0 Å². The highest BCUT2D eigenvalue weighted by atomic mass is 16.7. The van der Waals surface area contributed by atoms with E-state index in [0.29, 0.717) is 42.0 Å². The zero-order valence-electron chi connectivity index (χ0n) is 16.9. The van der Waals surface area contributed by atoms with E-state index in [1.165, 1.54) is 12.1 Å². The summed E-state index contributed by atoms with van der Waals surface area (Å²) < 4.78 is 16.1. The Morgan fingerprint density at radius 2 is 1.97 bits per heavy atom. The second-order valence-electron chi connectivity index (χ2n) is 7.74. The average Bonchev–Trinajstić information content (AvgIpc) is 3.12. The zero-order valence-corrected chi connectivity index (χ0v) is 16.9. The number of benzene rings is 1. The monoisotopic (exact) mass is 414 g/mol. The Balaban J connectivity index is 1.95. The van der Waals surface area contributed by atoms with Crippen LogP contribution in [0.15, 0.2) is 34.7 Å². The van der Waals surface area contributed by atoms with E-state index in [-0.39, 0.29) is 41.3 Å². The van der Waals surface area contributed by atoms with Gasteiger partial charge in [-0.25, -0.2) is 4.79 Å². The van der Waals surface area contributed by atoms with Gasteiger partial charge in [0.05, 0.1) is 28.6 Å². The number of fused-ring (bicyclic) bond motifs is 1. The number of nitro benzene ring substituents is 1. The summed E-state index contributed by atoms with van der Waals surface area (Å²) in [6, 6.07) is 2.78. The fraction of sp³-hybridized carbons (Fsp3) is 0.429. The van der Waals surface area contributed by atoms with E-state index in [1.54, 1.807) is 20.8 Å². The Hall–Kier alpha value is -3.36. The maximum absolute atomic E-state index is 13.0. The van der Waals surface area contributed by atoms with E-state index in [2.05, 4.69) is 5.32 Å². The van der Waals surface area contributed by atoms with Crippen LogP contribution < -0.4 is 14.8 Å². The van der Waals surface area contributed by atoms with Gasteiger partial charge in [-0.2, -0.15) is 0 Å². The number of carbonyl (C=O) groups excluding carboxylic acids is 2. The summed E-state index contributed by atoms with van der Waals surface area (Å²) >= 11 is 0. The molecule has 3 aliphatic rings. The molecule has 30 heavy (non-hydrogen) atoms. The van der Waals surface area contributed by atoms with Crippen molar-refractivity contribution >= 4 is 17.4 Å². The third-order valence-electron chi connectivity index (χ3n) is 5.37. The van der Waals surface area contributed by atoms with Crippen LogP contribution in [0.3, 0.4) is 0 Å². The number of Topliss-reactive ketones (excluding diaryl/α,β-unsaturated/α-hetero) is 1. The van der Waals surface area contributed by atoms with Gasteiger partial charge in [0, 0.05) is 29.0 Å². The van der Waals surface area contributed by atoms with Crippen LogP contribution in [0.1, 0.15) is 51.5 Å². The lowest BCUT2D eigenvalue weighted by molar-refractivity contribution is -0.385. The summed E-state index contributed by atoms with van der Waals surface area (Å²) in [5.41, 5.74) is 1.76. The molecule has 0 fully saturated rings. The van der Waals surface area contributed by atoms with Gasteiger partial charge in [-0.15, -0.1) is 0 Å². The van der Waals surface area contributed by atoms with Crippen LogP contribution in [0.5, 0.6) is 11.5 Å². The quantitative estimate of drug-likeness (QED) is 0.453. The molecule has 9 heteroatoms. The van der Waals surface area contributed by atoms with Crippen LogP contribution >= 0.6 is 0 Å². The number of hydrogen-bond donors (Lipinski definition) is 1. The molecule has 1 aliphatic carbocycles. The van der Waals surface area contributed by atoms with Gasteiger partial charge >= 0.3 is 5.97 Å². The first-order valence-electron chi connectivity index (χ1n) is 9.80. The van der Waals surface area contributed by atoms with Crippen molar-refractivity contribution in [1.82, 2.24) is 5.32 Å². The summed E-state index contributed by atoms with van der Waals surface area (Å²) in [6.07, 6.45) is 1.24. The lowest BCUT2D eigenvalue weighted by Gasteiger charge is -2.34. The standard InChI is InChI=1S/C21H22N2O7/c1-10(2)30-21(25)18-11(3)22-13-5-4-6-15(24)20(13)19(18)12-7-16-17(29-9-28-16)8-14(12)23(26)27/h7-8,10,19,22H,4-6,9H2,1-3H3/t19-/m1/s1. The number of rotatable bonds is 4. The molecule has 0 saturated heterocycles. The van der Waals surface area contributed by atoms with Crippen molar-refractivity contribution in [1.29, 1.82) is 0 Å². The van der Waals surface area contributed by atoms with Gasteiger partial charge in [0.25, 0.3) is 5.69 Å². The fourth-order valence-electron chi connectivity index (χ4n) is 4.18. The molecule has 9 nitrogen and oxygen atoms in total. The van der Waals surface area contributed by atoms with Crippen molar-refractivity contribution in [3.8, 4) is 11.5 Å².